The molecule has 24 heavy (non-hydrogen) atoms. The summed E-state index contributed by atoms with van der Waals surface area (Å²) >= 11 is 21.5. The minimum absolute atomic E-state index is 0.387. The minimum Gasteiger partial charge on any atom is -0.455 e. The highest BCUT2D eigenvalue weighted by atomic mass is 79.9. The molecule has 7 heteroatoms. The van der Waals surface area contributed by atoms with E-state index in [9.17, 15) is 0 Å². The van der Waals surface area contributed by atoms with Gasteiger partial charge in [0.05, 0.1) is 21.9 Å². The third-order valence-corrected chi connectivity index (χ3v) is 4.65. The Bertz CT molecular complexity index is 885. The Morgan fingerprint density at radius 1 is 1.00 bits per heavy atom. The molecule has 0 bridgehead atoms. The van der Waals surface area contributed by atoms with E-state index in [1.807, 2.05) is 36.4 Å². The molecular formula is C17H10BrCl3N2O. The molecule has 1 N–H and O–H groups in total. The molecule has 122 valence electrons. The monoisotopic (exact) mass is 442 g/mol. The van der Waals surface area contributed by atoms with E-state index >= 15 is 0 Å². The fourth-order valence-electron chi connectivity index (χ4n) is 2.04. The van der Waals surface area contributed by atoms with Crippen molar-refractivity contribution in [3.8, 4) is 11.3 Å². The van der Waals surface area contributed by atoms with Crippen LogP contribution in [0.5, 0.6) is 0 Å². The number of benzene rings is 2. The lowest BCUT2D eigenvalue weighted by atomic mass is 10.2. The van der Waals surface area contributed by atoms with E-state index in [0.29, 0.717) is 26.5 Å². The zero-order chi connectivity index (χ0) is 17.1. The Labute approximate surface area is 162 Å². The normalized spacial score (nSPS) is 11.2. The third kappa shape index (κ3) is 3.95. The fourth-order valence-corrected chi connectivity index (χ4v) is 3.42. The molecule has 0 radical (unpaired) electrons. The van der Waals surface area contributed by atoms with Crippen LogP contribution in [0.1, 0.15) is 5.76 Å². The summed E-state index contributed by atoms with van der Waals surface area (Å²) in [6.07, 6.45) is 1.54. The van der Waals surface area contributed by atoms with Crippen LogP contribution in [0.25, 0.3) is 11.3 Å². The fraction of sp³-hybridized carbons (Fsp3) is 0. The summed E-state index contributed by atoms with van der Waals surface area (Å²) in [7, 11) is 0. The molecule has 1 aromatic heterocycles. The number of nitrogens with zero attached hydrogens (tertiary/aromatic N) is 1. The molecule has 0 saturated carbocycles. The van der Waals surface area contributed by atoms with Gasteiger partial charge in [0.2, 0.25) is 0 Å². The van der Waals surface area contributed by atoms with Gasteiger partial charge in [-0.2, -0.15) is 5.10 Å². The maximum Gasteiger partial charge on any atom is 0.147 e. The van der Waals surface area contributed by atoms with Gasteiger partial charge < -0.3 is 4.42 Å². The van der Waals surface area contributed by atoms with Crippen molar-refractivity contribution in [1.82, 2.24) is 0 Å². The molecule has 0 fully saturated rings. The quantitative estimate of drug-likeness (QED) is 0.344. The Hall–Kier alpha value is -1.46. The van der Waals surface area contributed by atoms with Gasteiger partial charge >= 0.3 is 0 Å². The number of halogens is 4. The summed E-state index contributed by atoms with van der Waals surface area (Å²) in [5.74, 6) is 1.33. The summed E-state index contributed by atoms with van der Waals surface area (Å²) in [4.78, 5) is 0. The number of anilines is 1. The zero-order valence-electron chi connectivity index (χ0n) is 12.1. The molecule has 3 rings (SSSR count). The standard InChI is InChI=1S/C17H10BrCl3N2O/c18-13-4-2-1-3-12(13)16-6-5-11(24-16)9-22-23-17-14(20)7-10(19)8-15(17)21/h1-9,23H/b22-9-. The van der Waals surface area contributed by atoms with Crippen molar-refractivity contribution in [2.75, 3.05) is 5.43 Å². The van der Waals surface area contributed by atoms with Gasteiger partial charge in [0.15, 0.2) is 0 Å². The first-order chi connectivity index (χ1) is 11.5. The van der Waals surface area contributed by atoms with Gasteiger partial charge in [-0.05, 0) is 30.3 Å². The predicted molar refractivity (Wildman–Crippen MR) is 105 cm³/mol. The Kier molecular flexibility index (Phi) is 5.51. The second-order valence-electron chi connectivity index (χ2n) is 4.80. The van der Waals surface area contributed by atoms with E-state index in [1.54, 1.807) is 18.3 Å². The predicted octanol–water partition coefficient (Wildman–Crippen LogP) is 7.12. The van der Waals surface area contributed by atoms with Crippen LogP contribution >= 0.6 is 50.7 Å². The maximum atomic E-state index is 6.08. The topological polar surface area (TPSA) is 37.5 Å². The van der Waals surface area contributed by atoms with E-state index in [2.05, 4.69) is 26.5 Å². The summed E-state index contributed by atoms with van der Waals surface area (Å²) in [6, 6.07) is 14.7. The van der Waals surface area contributed by atoms with Crippen LogP contribution in [0.15, 0.2) is 62.5 Å². The van der Waals surface area contributed by atoms with Crippen molar-refractivity contribution < 1.29 is 4.42 Å². The first kappa shape index (κ1) is 17.4. The molecule has 3 aromatic rings. The molecule has 0 atom stereocenters. The van der Waals surface area contributed by atoms with Crippen LogP contribution in [0.4, 0.5) is 5.69 Å². The molecule has 0 spiro atoms. The van der Waals surface area contributed by atoms with Gasteiger partial charge in [-0.25, -0.2) is 0 Å². The van der Waals surface area contributed by atoms with E-state index < -0.39 is 0 Å². The van der Waals surface area contributed by atoms with Gasteiger partial charge in [0.25, 0.3) is 0 Å². The maximum absolute atomic E-state index is 6.08. The Morgan fingerprint density at radius 2 is 1.71 bits per heavy atom. The lowest BCUT2D eigenvalue weighted by Crippen LogP contribution is -1.92. The molecule has 1 heterocycles. The number of nitrogens with one attached hydrogen (secondary N) is 1. The molecule has 2 aromatic carbocycles. The lowest BCUT2D eigenvalue weighted by molar-refractivity contribution is 0.575. The molecule has 0 unspecified atom stereocenters. The first-order valence-corrected chi connectivity index (χ1v) is 8.75. The molecule has 0 amide bonds. The van der Waals surface area contributed by atoms with E-state index in [-0.39, 0.29) is 0 Å². The molecule has 0 aliphatic rings. The van der Waals surface area contributed by atoms with Crippen molar-refractivity contribution in [2.45, 2.75) is 0 Å². The molecular weight excluding hydrogens is 434 g/mol. The van der Waals surface area contributed by atoms with Crippen molar-refractivity contribution in [3.05, 3.63) is 73.8 Å². The van der Waals surface area contributed by atoms with Crippen LogP contribution in [-0.4, -0.2) is 6.21 Å². The Morgan fingerprint density at radius 3 is 2.42 bits per heavy atom. The summed E-state index contributed by atoms with van der Waals surface area (Å²) in [5.41, 5.74) is 4.24. The number of rotatable bonds is 4. The molecule has 3 nitrogen and oxygen atoms in total. The second-order valence-corrected chi connectivity index (χ2v) is 6.90. The van der Waals surface area contributed by atoms with Crippen LogP contribution in [0.3, 0.4) is 0 Å². The number of furan rings is 1. The second kappa shape index (κ2) is 7.62. The largest absolute Gasteiger partial charge is 0.455 e. The highest BCUT2D eigenvalue weighted by Gasteiger charge is 2.08. The van der Waals surface area contributed by atoms with Crippen molar-refractivity contribution >= 4 is 62.6 Å². The van der Waals surface area contributed by atoms with Crippen molar-refractivity contribution in [3.63, 3.8) is 0 Å². The van der Waals surface area contributed by atoms with Crippen LogP contribution in [-0.2, 0) is 0 Å². The van der Waals surface area contributed by atoms with E-state index in [4.69, 9.17) is 39.2 Å². The summed E-state index contributed by atoms with van der Waals surface area (Å²) in [6.45, 7) is 0. The summed E-state index contributed by atoms with van der Waals surface area (Å²) in [5, 5.41) is 5.34. The molecule has 0 aliphatic carbocycles. The van der Waals surface area contributed by atoms with Crippen LogP contribution < -0.4 is 5.43 Å². The lowest BCUT2D eigenvalue weighted by Gasteiger charge is -2.06. The highest BCUT2D eigenvalue weighted by Crippen LogP contribution is 2.33. The zero-order valence-corrected chi connectivity index (χ0v) is 15.9. The number of hydrogen-bond acceptors (Lipinski definition) is 3. The minimum atomic E-state index is 0.387. The van der Waals surface area contributed by atoms with E-state index in [0.717, 1.165) is 15.8 Å². The molecule has 0 saturated heterocycles. The van der Waals surface area contributed by atoms with E-state index in [1.165, 1.54) is 0 Å². The summed E-state index contributed by atoms with van der Waals surface area (Å²) < 4.78 is 6.72. The highest BCUT2D eigenvalue weighted by molar-refractivity contribution is 9.10. The SMILES string of the molecule is Clc1cc(Cl)c(N/N=C\c2ccc(-c3ccccc3Br)o2)c(Cl)c1. The van der Waals surface area contributed by atoms with Gasteiger partial charge in [0, 0.05) is 15.1 Å². The average Bonchev–Trinajstić information content (AvgIpc) is 2.99. The van der Waals surface area contributed by atoms with Gasteiger partial charge in [-0.1, -0.05) is 68.9 Å². The average molecular weight is 445 g/mol. The Balaban J connectivity index is 1.76. The van der Waals surface area contributed by atoms with Crippen molar-refractivity contribution in [1.29, 1.82) is 0 Å². The number of hydrogen-bond donors (Lipinski definition) is 1. The van der Waals surface area contributed by atoms with Crippen molar-refractivity contribution in [2.24, 2.45) is 5.10 Å². The van der Waals surface area contributed by atoms with Gasteiger partial charge in [-0.15, -0.1) is 0 Å². The van der Waals surface area contributed by atoms with Crippen LogP contribution in [0.2, 0.25) is 15.1 Å². The third-order valence-electron chi connectivity index (χ3n) is 3.14. The first-order valence-electron chi connectivity index (χ1n) is 6.83. The number of hydrazone groups is 1. The van der Waals surface area contributed by atoms with Gasteiger partial charge in [-0.3, -0.25) is 5.43 Å². The molecule has 0 aliphatic heterocycles. The van der Waals surface area contributed by atoms with Gasteiger partial charge in [0.1, 0.15) is 11.5 Å². The smallest absolute Gasteiger partial charge is 0.147 e. The van der Waals surface area contributed by atoms with Crippen LogP contribution in [0, 0.1) is 0 Å².